The fraction of sp³-hybridized carbons (Fsp3) is 0.417. The van der Waals surface area contributed by atoms with Crippen molar-refractivity contribution >= 4 is 11.7 Å². The maximum absolute atomic E-state index is 12.2. The summed E-state index contributed by atoms with van der Waals surface area (Å²) >= 11 is 0. The van der Waals surface area contributed by atoms with Gasteiger partial charge in [0.1, 0.15) is 24.3 Å². The van der Waals surface area contributed by atoms with E-state index in [1.165, 1.54) is 10.9 Å². The molecule has 0 aromatic carbocycles. The van der Waals surface area contributed by atoms with E-state index in [-0.39, 0.29) is 18.5 Å². The highest BCUT2D eigenvalue weighted by atomic mass is 16.5. The highest BCUT2D eigenvalue weighted by Crippen LogP contribution is 2.17. The number of hydrogen-bond acceptors (Lipinski definition) is 5. The minimum Gasteiger partial charge on any atom is -0.384 e. The number of carbonyl (C=O) groups excluding carboxylic acids is 1. The quantitative estimate of drug-likeness (QED) is 0.888. The number of amides is 1. The molecular formula is C12H17N5O2. The second-order valence-corrected chi connectivity index (χ2v) is 4.47. The molecule has 0 aliphatic carbocycles. The first kappa shape index (κ1) is 13.1. The molecule has 2 heterocycles. The molecule has 0 bridgehead atoms. The van der Waals surface area contributed by atoms with E-state index < -0.39 is 0 Å². The molecule has 7 heteroatoms. The van der Waals surface area contributed by atoms with Gasteiger partial charge in [-0.05, 0) is 13.8 Å². The molecule has 0 fully saturated rings. The summed E-state index contributed by atoms with van der Waals surface area (Å²) < 4.78 is 6.27. The molecule has 0 radical (unpaired) electrons. The van der Waals surface area contributed by atoms with Gasteiger partial charge in [-0.15, -0.1) is 0 Å². The Balaban J connectivity index is 2.05. The SMILES string of the molecule is Cc1cc(N)n(CC(=O)N(C)[C@@H](C)c2ccon2)n1. The molecule has 0 aliphatic rings. The van der Waals surface area contributed by atoms with E-state index in [0.29, 0.717) is 11.5 Å². The third-order valence-corrected chi connectivity index (χ3v) is 3.08. The molecule has 0 saturated carbocycles. The monoisotopic (exact) mass is 263 g/mol. The summed E-state index contributed by atoms with van der Waals surface area (Å²) in [4.78, 5) is 13.8. The zero-order valence-corrected chi connectivity index (χ0v) is 11.2. The summed E-state index contributed by atoms with van der Waals surface area (Å²) in [5.41, 5.74) is 7.26. The Bertz CT molecular complexity index is 561. The molecule has 2 N–H and O–H groups in total. The lowest BCUT2D eigenvalue weighted by Gasteiger charge is -2.23. The topological polar surface area (TPSA) is 90.2 Å². The Morgan fingerprint density at radius 1 is 1.63 bits per heavy atom. The summed E-state index contributed by atoms with van der Waals surface area (Å²) in [6.45, 7) is 3.82. The van der Waals surface area contributed by atoms with Crippen molar-refractivity contribution in [1.29, 1.82) is 0 Å². The smallest absolute Gasteiger partial charge is 0.244 e. The molecule has 19 heavy (non-hydrogen) atoms. The molecule has 0 spiro atoms. The third kappa shape index (κ3) is 2.75. The number of aromatic nitrogens is 3. The van der Waals surface area contributed by atoms with Crippen LogP contribution in [-0.2, 0) is 11.3 Å². The molecule has 2 aromatic heterocycles. The molecule has 2 aromatic rings. The van der Waals surface area contributed by atoms with Crippen LogP contribution < -0.4 is 5.73 Å². The number of rotatable bonds is 4. The van der Waals surface area contributed by atoms with Gasteiger partial charge in [0.2, 0.25) is 5.91 Å². The molecular weight excluding hydrogens is 246 g/mol. The number of nitrogens with two attached hydrogens (primary N) is 1. The standard InChI is InChI=1S/C12H17N5O2/c1-8-6-11(13)17(14-8)7-12(18)16(3)9(2)10-4-5-19-15-10/h4-6,9H,7,13H2,1-3H3/t9-/m0/s1. The van der Waals surface area contributed by atoms with Gasteiger partial charge >= 0.3 is 0 Å². The van der Waals surface area contributed by atoms with Crippen LogP contribution in [0, 0.1) is 6.92 Å². The molecule has 102 valence electrons. The number of carbonyl (C=O) groups is 1. The lowest BCUT2D eigenvalue weighted by molar-refractivity contribution is -0.132. The molecule has 2 rings (SSSR count). The lowest BCUT2D eigenvalue weighted by atomic mass is 10.2. The van der Waals surface area contributed by atoms with Gasteiger partial charge in [-0.3, -0.25) is 4.79 Å². The van der Waals surface area contributed by atoms with Crippen LogP contribution in [0.5, 0.6) is 0 Å². The Morgan fingerprint density at radius 2 is 2.37 bits per heavy atom. The van der Waals surface area contributed by atoms with Gasteiger partial charge < -0.3 is 15.2 Å². The van der Waals surface area contributed by atoms with E-state index in [9.17, 15) is 4.79 Å². The van der Waals surface area contributed by atoms with Crippen LogP contribution in [0.15, 0.2) is 22.9 Å². The Labute approximate surface area is 111 Å². The highest BCUT2D eigenvalue weighted by Gasteiger charge is 2.20. The van der Waals surface area contributed by atoms with Crippen LogP contribution in [0.3, 0.4) is 0 Å². The van der Waals surface area contributed by atoms with Gasteiger partial charge in [0.15, 0.2) is 0 Å². The zero-order valence-electron chi connectivity index (χ0n) is 11.2. The largest absolute Gasteiger partial charge is 0.384 e. The maximum atomic E-state index is 12.2. The van der Waals surface area contributed by atoms with E-state index >= 15 is 0 Å². The average molecular weight is 263 g/mol. The first-order chi connectivity index (χ1) is 8.99. The predicted octanol–water partition coefficient (Wildman–Crippen LogP) is 0.981. The fourth-order valence-electron chi connectivity index (χ4n) is 1.78. The van der Waals surface area contributed by atoms with Crippen molar-refractivity contribution in [3.63, 3.8) is 0 Å². The summed E-state index contributed by atoms with van der Waals surface area (Å²) in [6, 6.07) is 3.30. The van der Waals surface area contributed by atoms with Crippen molar-refractivity contribution in [3.05, 3.63) is 29.8 Å². The molecule has 0 aliphatic heterocycles. The van der Waals surface area contributed by atoms with Gasteiger partial charge in [-0.2, -0.15) is 5.10 Å². The van der Waals surface area contributed by atoms with Crippen molar-refractivity contribution in [1.82, 2.24) is 19.8 Å². The number of aryl methyl sites for hydroxylation is 1. The van der Waals surface area contributed by atoms with E-state index in [1.54, 1.807) is 24.1 Å². The van der Waals surface area contributed by atoms with Gasteiger partial charge in [-0.1, -0.05) is 5.16 Å². The van der Waals surface area contributed by atoms with E-state index in [0.717, 1.165) is 5.69 Å². The summed E-state index contributed by atoms with van der Waals surface area (Å²) in [5, 5.41) is 8.00. The molecule has 0 saturated heterocycles. The fourth-order valence-corrected chi connectivity index (χ4v) is 1.78. The first-order valence-corrected chi connectivity index (χ1v) is 5.95. The number of hydrogen-bond donors (Lipinski definition) is 1. The van der Waals surface area contributed by atoms with Crippen molar-refractivity contribution in [2.24, 2.45) is 0 Å². The minimum atomic E-state index is -0.163. The van der Waals surface area contributed by atoms with E-state index in [4.69, 9.17) is 10.3 Å². The van der Waals surface area contributed by atoms with Crippen molar-refractivity contribution in [2.45, 2.75) is 26.4 Å². The predicted molar refractivity (Wildman–Crippen MR) is 69.1 cm³/mol. The first-order valence-electron chi connectivity index (χ1n) is 5.95. The number of nitrogen functional groups attached to an aromatic ring is 1. The summed E-state index contributed by atoms with van der Waals surface area (Å²) in [7, 11) is 1.72. The van der Waals surface area contributed by atoms with Crippen molar-refractivity contribution in [2.75, 3.05) is 12.8 Å². The van der Waals surface area contributed by atoms with Crippen LogP contribution in [0.2, 0.25) is 0 Å². The number of nitrogens with zero attached hydrogens (tertiary/aromatic N) is 4. The average Bonchev–Trinajstić information content (AvgIpc) is 2.98. The third-order valence-electron chi connectivity index (χ3n) is 3.08. The van der Waals surface area contributed by atoms with Crippen LogP contribution in [-0.4, -0.2) is 32.8 Å². The zero-order chi connectivity index (χ0) is 14.0. The van der Waals surface area contributed by atoms with Gasteiger partial charge in [0, 0.05) is 19.2 Å². The van der Waals surface area contributed by atoms with Crippen molar-refractivity contribution in [3.8, 4) is 0 Å². The van der Waals surface area contributed by atoms with Gasteiger partial charge in [0.05, 0.1) is 11.7 Å². The van der Waals surface area contributed by atoms with E-state index in [1.807, 2.05) is 13.8 Å². The minimum absolute atomic E-state index is 0.0923. The molecule has 1 atom stereocenters. The maximum Gasteiger partial charge on any atom is 0.244 e. The van der Waals surface area contributed by atoms with Crippen LogP contribution >= 0.6 is 0 Å². The molecule has 7 nitrogen and oxygen atoms in total. The number of likely N-dealkylation sites (N-methyl/N-ethyl adjacent to an activating group) is 1. The second kappa shape index (κ2) is 5.13. The highest BCUT2D eigenvalue weighted by molar-refractivity contribution is 5.76. The second-order valence-electron chi connectivity index (χ2n) is 4.47. The Hall–Kier alpha value is -2.31. The van der Waals surface area contributed by atoms with Crippen molar-refractivity contribution < 1.29 is 9.32 Å². The van der Waals surface area contributed by atoms with Crippen LogP contribution in [0.1, 0.15) is 24.4 Å². The van der Waals surface area contributed by atoms with E-state index in [2.05, 4.69) is 10.3 Å². The Morgan fingerprint density at radius 3 is 2.89 bits per heavy atom. The molecule has 1 amide bonds. The molecule has 0 unspecified atom stereocenters. The van der Waals surface area contributed by atoms with Gasteiger partial charge in [-0.25, -0.2) is 4.68 Å². The summed E-state index contributed by atoms with van der Waals surface area (Å²) in [5.74, 6) is 0.388. The van der Waals surface area contributed by atoms with Crippen LogP contribution in [0.25, 0.3) is 0 Å². The lowest BCUT2D eigenvalue weighted by Crippen LogP contribution is -2.33. The van der Waals surface area contributed by atoms with Crippen LogP contribution in [0.4, 0.5) is 5.82 Å². The van der Waals surface area contributed by atoms with Gasteiger partial charge in [0.25, 0.3) is 0 Å². The Kier molecular flexibility index (Phi) is 3.55. The summed E-state index contributed by atoms with van der Waals surface area (Å²) in [6.07, 6.45) is 1.49. The number of anilines is 1. The normalized spacial score (nSPS) is 12.4.